The van der Waals surface area contributed by atoms with Gasteiger partial charge in [-0.25, -0.2) is 18.1 Å². The number of aliphatic imine (C=N–C) groups is 1. The number of guanidine groups is 1. The Hall–Kier alpha value is -1.68. The number of unbranched alkanes of at least 4 members (excludes halogenated alkanes) is 1. The maximum atomic E-state index is 12.3. The Kier molecular flexibility index (Phi) is 13.3. The van der Waals surface area contributed by atoms with Crippen LogP contribution in [0.1, 0.15) is 38.7 Å². The van der Waals surface area contributed by atoms with Crippen molar-refractivity contribution in [2.75, 3.05) is 46.6 Å². The Morgan fingerprint density at radius 2 is 1.86 bits per heavy atom. The third kappa shape index (κ3) is 11.2. The minimum atomic E-state index is -3.55. The number of nitrogens with zero attached hydrogens (tertiary/aromatic N) is 1. The molecule has 3 N–H and O–H groups in total. The summed E-state index contributed by atoms with van der Waals surface area (Å²) in [5, 5.41) is 6.47. The van der Waals surface area contributed by atoms with Crippen molar-refractivity contribution in [3.05, 3.63) is 29.8 Å². The predicted molar refractivity (Wildman–Crippen MR) is 117 cm³/mol. The van der Waals surface area contributed by atoms with Gasteiger partial charge in [0.05, 0.1) is 18.0 Å². The first-order valence-electron chi connectivity index (χ1n) is 10.2. The fourth-order valence-electron chi connectivity index (χ4n) is 2.41. The van der Waals surface area contributed by atoms with E-state index in [0.29, 0.717) is 19.1 Å². The SMILES string of the molecule is CCCCOCCCNC(=NCc1cccc(S(=O)(=O)NCCOC)c1)NCC. The highest BCUT2D eigenvalue weighted by atomic mass is 32.2. The average Bonchev–Trinajstić information content (AvgIpc) is 2.71. The number of ether oxygens (including phenoxy) is 2. The molecule has 0 fully saturated rings. The van der Waals surface area contributed by atoms with Crippen LogP contribution in [0.15, 0.2) is 34.2 Å². The van der Waals surface area contributed by atoms with Crippen molar-refractivity contribution in [2.45, 2.75) is 44.6 Å². The summed E-state index contributed by atoms with van der Waals surface area (Å²) >= 11 is 0. The van der Waals surface area contributed by atoms with Crippen molar-refractivity contribution in [1.82, 2.24) is 15.4 Å². The van der Waals surface area contributed by atoms with Crippen LogP contribution in [-0.4, -0.2) is 60.9 Å². The van der Waals surface area contributed by atoms with E-state index >= 15 is 0 Å². The number of sulfonamides is 1. The van der Waals surface area contributed by atoms with Crippen LogP contribution in [0, 0.1) is 0 Å². The fraction of sp³-hybridized carbons (Fsp3) is 0.650. The molecule has 0 aliphatic heterocycles. The van der Waals surface area contributed by atoms with Crippen LogP contribution in [-0.2, 0) is 26.0 Å². The molecule has 0 amide bonds. The fourth-order valence-corrected chi connectivity index (χ4v) is 3.50. The molecule has 1 aromatic carbocycles. The van der Waals surface area contributed by atoms with E-state index in [1.165, 1.54) is 7.11 Å². The monoisotopic (exact) mass is 428 g/mol. The van der Waals surface area contributed by atoms with E-state index in [1.54, 1.807) is 18.2 Å². The van der Waals surface area contributed by atoms with Crippen LogP contribution in [0.4, 0.5) is 0 Å². The minimum absolute atomic E-state index is 0.225. The van der Waals surface area contributed by atoms with Crippen LogP contribution >= 0.6 is 0 Å². The van der Waals surface area contributed by atoms with Crippen molar-refractivity contribution in [3.63, 3.8) is 0 Å². The van der Waals surface area contributed by atoms with E-state index in [2.05, 4.69) is 27.3 Å². The Morgan fingerprint density at radius 1 is 1.07 bits per heavy atom. The standard InChI is InChI=1S/C20H36N4O4S/c1-4-6-13-28-14-8-11-22-20(21-5-2)23-17-18-9-7-10-19(16-18)29(25,26)24-12-15-27-3/h7,9-10,16,24H,4-6,8,11-15,17H2,1-3H3,(H2,21,22,23). The molecular formula is C20H36N4O4S. The van der Waals surface area contributed by atoms with Crippen molar-refractivity contribution in [1.29, 1.82) is 0 Å². The van der Waals surface area contributed by atoms with Gasteiger partial charge in [0.1, 0.15) is 0 Å². The number of benzene rings is 1. The highest BCUT2D eigenvalue weighted by Crippen LogP contribution is 2.12. The topological polar surface area (TPSA) is 101 Å². The van der Waals surface area contributed by atoms with Gasteiger partial charge in [0, 0.05) is 40.0 Å². The molecule has 0 aromatic heterocycles. The zero-order chi connectivity index (χ0) is 21.4. The van der Waals surface area contributed by atoms with Crippen LogP contribution in [0.5, 0.6) is 0 Å². The first-order chi connectivity index (χ1) is 14.0. The average molecular weight is 429 g/mol. The Balaban J connectivity index is 2.58. The van der Waals surface area contributed by atoms with Crippen LogP contribution < -0.4 is 15.4 Å². The van der Waals surface area contributed by atoms with Gasteiger partial charge in [-0.1, -0.05) is 25.5 Å². The molecule has 8 nitrogen and oxygen atoms in total. The molecule has 0 heterocycles. The second-order valence-electron chi connectivity index (χ2n) is 6.48. The van der Waals surface area contributed by atoms with Gasteiger partial charge in [0.2, 0.25) is 10.0 Å². The van der Waals surface area contributed by atoms with Crippen molar-refractivity contribution >= 4 is 16.0 Å². The van der Waals surface area contributed by atoms with Crippen molar-refractivity contribution in [3.8, 4) is 0 Å². The minimum Gasteiger partial charge on any atom is -0.383 e. The Bertz CT molecular complexity index is 695. The van der Waals surface area contributed by atoms with E-state index in [9.17, 15) is 8.42 Å². The molecule has 0 atom stereocenters. The smallest absolute Gasteiger partial charge is 0.240 e. The lowest BCUT2D eigenvalue weighted by molar-refractivity contribution is 0.129. The van der Waals surface area contributed by atoms with Crippen LogP contribution in [0.25, 0.3) is 0 Å². The van der Waals surface area contributed by atoms with Gasteiger partial charge in [-0.15, -0.1) is 0 Å². The molecule has 29 heavy (non-hydrogen) atoms. The van der Waals surface area contributed by atoms with Gasteiger partial charge in [-0.3, -0.25) is 0 Å². The summed E-state index contributed by atoms with van der Waals surface area (Å²) in [7, 11) is -2.02. The summed E-state index contributed by atoms with van der Waals surface area (Å²) < 4.78 is 37.6. The van der Waals surface area contributed by atoms with Crippen molar-refractivity contribution < 1.29 is 17.9 Å². The molecule has 0 saturated carbocycles. The summed E-state index contributed by atoms with van der Waals surface area (Å²) in [5.74, 6) is 0.701. The zero-order valence-corrected chi connectivity index (χ0v) is 18.7. The molecule has 166 valence electrons. The molecule has 0 unspecified atom stereocenters. The highest BCUT2D eigenvalue weighted by molar-refractivity contribution is 7.89. The van der Waals surface area contributed by atoms with Crippen molar-refractivity contribution in [2.24, 2.45) is 4.99 Å². The quantitative estimate of drug-likeness (QED) is 0.224. The molecule has 1 aromatic rings. The number of hydrogen-bond acceptors (Lipinski definition) is 5. The maximum Gasteiger partial charge on any atom is 0.240 e. The largest absolute Gasteiger partial charge is 0.383 e. The van der Waals surface area contributed by atoms with Crippen LogP contribution in [0.3, 0.4) is 0 Å². The molecule has 0 spiro atoms. The molecule has 0 radical (unpaired) electrons. The van der Waals surface area contributed by atoms with E-state index in [-0.39, 0.29) is 11.4 Å². The molecule has 1 rings (SSSR count). The predicted octanol–water partition coefficient (Wildman–Crippen LogP) is 1.87. The van der Waals surface area contributed by atoms with E-state index in [1.807, 2.05) is 13.0 Å². The number of rotatable bonds is 15. The second-order valence-corrected chi connectivity index (χ2v) is 8.25. The molecule has 9 heteroatoms. The number of methoxy groups -OCH3 is 1. The van der Waals surface area contributed by atoms with Gasteiger partial charge >= 0.3 is 0 Å². The Labute approximate surface area is 175 Å². The number of hydrogen-bond donors (Lipinski definition) is 3. The molecular weight excluding hydrogens is 392 g/mol. The first-order valence-corrected chi connectivity index (χ1v) is 11.7. The lowest BCUT2D eigenvalue weighted by Gasteiger charge is -2.12. The number of nitrogens with one attached hydrogen (secondary N) is 3. The maximum absolute atomic E-state index is 12.3. The highest BCUT2D eigenvalue weighted by Gasteiger charge is 2.13. The van der Waals surface area contributed by atoms with E-state index in [0.717, 1.165) is 51.1 Å². The third-order valence-electron chi connectivity index (χ3n) is 3.97. The van der Waals surface area contributed by atoms with Gasteiger partial charge in [-0.2, -0.15) is 0 Å². The lowest BCUT2D eigenvalue weighted by atomic mass is 10.2. The van der Waals surface area contributed by atoms with E-state index < -0.39 is 10.0 Å². The first kappa shape index (κ1) is 25.4. The normalized spacial score (nSPS) is 12.2. The second kappa shape index (κ2) is 15.2. The van der Waals surface area contributed by atoms with Gasteiger partial charge in [-0.05, 0) is 37.5 Å². The molecule has 0 aliphatic rings. The summed E-state index contributed by atoms with van der Waals surface area (Å²) in [5.41, 5.74) is 0.819. The summed E-state index contributed by atoms with van der Waals surface area (Å²) in [4.78, 5) is 4.77. The third-order valence-corrected chi connectivity index (χ3v) is 5.43. The van der Waals surface area contributed by atoms with E-state index in [4.69, 9.17) is 9.47 Å². The van der Waals surface area contributed by atoms with Gasteiger partial charge in [0.25, 0.3) is 0 Å². The molecule has 0 saturated heterocycles. The molecule has 0 bridgehead atoms. The van der Waals surface area contributed by atoms with Gasteiger partial charge in [0.15, 0.2) is 5.96 Å². The lowest BCUT2D eigenvalue weighted by Crippen LogP contribution is -2.38. The zero-order valence-electron chi connectivity index (χ0n) is 17.9. The summed E-state index contributed by atoms with van der Waals surface area (Å²) in [6.07, 6.45) is 3.13. The summed E-state index contributed by atoms with van der Waals surface area (Å²) in [6.45, 7) is 8.13. The van der Waals surface area contributed by atoms with Gasteiger partial charge < -0.3 is 20.1 Å². The Morgan fingerprint density at radius 3 is 2.59 bits per heavy atom. The molecule has 0 aliphatic carbocycles. The summed E-state index contributed by atoms with van der Waals surface area (Å²) in [6, 6.07) is 6.81. The van der Waals surface area contributed by atoms with Crippen LogP contribution in [0.2, 0.25) is 0 Å².